The van der Waals surface area contributed by atoms with E-state index in [9.17, 15) is 13.5 Å². The molecule has 2 heterocycles. The average Bonchev–Trinajstić information content (AvgIpc) is 2.76. The van der Waals surface area contributed by atoms with Crippen molar-refractivity contribution in [3.8, 4) is 5.75 Å². The van der Waals surface area contributed by atoms with Crippen molar-refractivity contribution in [3.63, 3.8) is 0 Å². The molecule has 0 fully saturated rings. The van der Waals surface area contributed by atoms with Gasteiger partial charge in [-0.3, -0.25) is 9.88 Å². The van der Waals surface area contributed by atoms with E-state index in [1.165, 1.54) is 4.31 Å². The lowest BCUT2D eigenvalue weighted by atomic mass is 10.0. The molecule has 0 bridgehead atoms. The van der Waals surface area contributed by atoms with Crippen LogP contribution < -0.4 is 4.74 Å². The fourth-order valence-electron chi connectivity index (χ4n) is 3.93. The number of allylic oxidation sites excluding steroid dienone is 1. The van der Waals surface area contributed by atoms with E-state index in [1.54, 1.807) is 31.3 Å². The highest BCUT2D eigenvalue weighted by molar-refractivity contribution is 7.89. The van der Waals surface area contributed by atoms with E-state index in [2.05, 4.69) is 9.88 Å². The maximum Gasteiger partial charge on any atom is 0.247 e. The molecule has 1 N–H and O–H groups in total. The van der Waals surface area contributed by atoms with Crippen LogP contribution in [0.25, 0.3) is 6.08 Å². The number of ether oxygens (including phenoxy) is 1. The highest BCUT2D eigenvalue weighted by Crippen LogP contribution is 2.34. The second-order valence-corrected chi connectivity index (χ2v) is 10.4. The molecular weight excluding hydrogens is 426 g/mol. The number of aliphatic hydroxyl groups is 1. The number of fused-ring (bicyclic) bond motifs is 1. The van der Waals surface area contributed by atoms with Crippen molar-refractivity contribution in [1.29, 1.82) is 0 Å². The molecule has 0 amide bonds. The molecule has 1 aromatic heterocycles. The summed E-state index contributed by atoms with van der Waals surface area (Å²) in [7, 11) is -1.80. The van der Waals surface area contributed by atoms with E-state index < -0.39 is 16.1 Å². The highest BCUT2D eigenvalue weighted by atomic mass is 32.2. The quantitative estimate of drug-likeness (QED) is 0.685. The van der Waals surface area contributed by atoms with Crippen molar-refractivity contribution >= 4 is 16.1 Å². The first kappa shape index (κ1) is 24.4. The lowest BCUT2D eigenvalue weighted by molar-refractivity contribution is 0.0733. The van der Waals surface area contributed by atoms with Gasteiger partial charge in [-0.1, -0.05) is 31.2 Å². The zero-order valence-electron chi connectivity index (χ0n) is 19.2. The third-order valence-electron chi connectivity index (χ3n) is 5.72. The first-order valence-electron chi connectivity index (χ1n) is 10.9. The van der Waals surface area contributed by atoms with E-state index in [4.69, 9.17) is 4.74 Å². The third kappa shape index (κ3) is 5.56. The molecule has 32 heavy (non-hydrogen) atoms. The second kappa shape index (κ2) is 10.6. The summed E-state index contributed by atoms with van der Waals surface area (Å²) in [6.45, 7) is 6.99. The van der Waals surface area contributed by atoms with E-state index in [-0.39, 0.29) is 30.1 Å². The standard InChI is InChI=1S/C24H33N3O4S/c1-5-7-20-9-10-24-22(12-20)31-23(16-26(4)15-21-8-6-11-25-13-21)18(2)14-27(19(3)17-28)32(24,29)30/h5-13,18-19,23,28H,14-17H2,1-4H3/b7-5+/t18-,19+,23+/m0/s1. The van der Waals surface area contributed by atoms with E-state index in [0.29, 0.717) is 18.8 Å². The Bertz CT molecular complexity index is 1030. The van der Waals surface area contributed by atoms with Gasteiger partial charge in [-0.25, -0.2) is 8.42 Å². The first-order valence-corrected chi connectivity index (χ1v) is 12.3. The molecule has 0 aliphatic carbocycles. The van der Waals surface area contributed by atoms with Gasteiger partial charge in [0.2, 0.25) is 10.0 Å². The number of sulfonamides is 1. The zero-order chi connectivity index (χ0) is 23.3. The smallest absolute Gasteiger partial charge is 0.247 e. The lowest BCUT2D eigenvalue weighted by Crippen LogP contribution is -2.49. The molecule has 174 valence electrons. The van der Waals surface area contributed by atoms with Crippen LogP contribution >= 0.6 is 0 Å². The number of rotatable bonds is 7. The Labute approximate surface area is 191 Å². The molecule has 1 aliphatic heterocycles. The number of likely N-dealkylation sites (N-methyl/N-ethyl adjacent to an activating group) is 1. The van der Waals surface area contributed by atoms with Gasteiger partial charge in [0.25, 0.3) is 0 Å². The van der Waals surface area contributed by atoms with Gasteiger partial charge in [0, 0.05) is 44.0 Å². The monoisotopic (exact) mass is 459 g/mol. The van der Waals surface area contributed by atoms with Crippen molar-refractivity contribution in [2.45, 2.75) is 44.4 Å². The Kier molecular flexibility index (Phi) is 8.05. The van der Waals surface area contributed by atoms with Crippen LogP contribution in [-0.4, -0.2) is 66.6 Å². The van der Waals surface area contributed by atoms with Gasteiger partial charge in [0.15, 0.2) is 0 Å². The van der Waals surface area contributed by atoms with Crippen LogP contribution in [0.5, 0.6) is 5.75 Å². The summed E-state index contributed by atoms with van der Waals surface area (Å²) < 4.78 is 34.7. The number of aromatic nitrogens is 1. The minimum Gasteiger partial charge on any atom is -0.487 e. The summed E-state index contributed by atoms with van der Waals surface area (Å²) >= 11 is 0. The summed E-state index contributed by atoms with van der Waals surface area (Å²) in [5, 5.41) is 9.74. The van der Waals surface area contributed by atoms with Gasteiger partial charge in [0.1, 0.15) is 16.7 Å². The van der Waals surface area contributed by atoms with Crippen molar-refractivity contribution in [2.75, 3.05) is 26.7 Å². The summed E-state index contributed by atoms with van der Waals surface area (Å²) in [6, 6.07) is 8.57. The third-order valence-corrected chi connectivity index (χ3v) is 7.74. The van der Waals surface area contributed by atoms with Gasteiger partial charge < -0.3 is 9.84 Å². The zero-order valence-corrected chi connectivity index (χ0v) is 20.0. The fraction of sp³-hybridized carbons (Fsp3) is 0.458. The van der Waals surface area contributed by atoms with Gasteiger partial charge in [-0.05, 0) is 50.2 Å². The second-order valence-electron chi connectivity index (χ2n) is 8.50. The van der Waals surface area contributed by atoms with Crippen LogP contribution in [0.3, 0.4) is 0 Å². The number of hydrogen-bond donors (Lipinski definition) is 1. The Morgan fingerprint density at radius 1 is 1.38 bits per heavy atom. The number of nitrogens with zero attached hydrogens (tertiary/aromatic N) is 3. The van der Waals surface area contributed by atoms with Crippen LogP contribution in [-0.2, 0) is 16.6 Å². The van der Waals surface area contributed by atoms with Crippen LogP contribution in [0, 0.1) is 5.92 Å². The van der Waals surface area contributed by atoms with Gasteiger partial charge in [0.05, 0.1) is 6.61 Å². The lowest BCUT2D eigenvalue weighted by Gasteiger charge is -2.37. The average molecular weight is 460 g/mol. The largest absolute Gasteiger partial charge is 0.487 e. The molecule has 0 spiro atoms. The summed E-state index contributed by atoms with van der Waals surface area (Å²) in [4.78, 5) is 6.47. The molecule has 1 aliphatic rings. The molecule has 8 heteroatoms. The van der Waals surface area contributed by atoms with Crippen LogP contribution in [0.15, 0.2) is 53.7 Å². The topological polar surface area (TPSA) is 83.0 Å². The minimum atomic E-state index is -3.82. The van der Waals surface area contributed by atoms with Crippen molar-refractivity contribution < 1.29 is 18.3 Å². The Morgan fingerprint density at radius 3 is 2.81 bits per heavy atom. The normalized spacial score (nSPS) is 22.2. The summed E-state index contributed by atoms with van der Waals surface area (Å²) in [5.41, 5.74) is 1.97. The number of pyridine rings is 1. The number of benzene rings is 1. The molecule has 0 unspecified atom stereocenters. The molecule has 3 atom stereocenters. The first-order chi connectivity index (χ1) is 15.3. The van der Waals surface area contributed by atoms with E-state index in [0.717, 1.165) is 11.1 Å². The molecule has 3 rings (SSSR count). The van der Waals surface area contributed by atoms with Gasteiger partial charge in [-0.2, -0.15) is 4.31 Å². The maximum absolute atomic E-state index is 13.5. The SMILES string of the molecule is C/C=C/c1ccc2c(c1)O[C@H](CN(C)Cc1cccnc1)[C@@H](C)CN([C@H](C)CO)S2(=O)=O. The van der Waals surface area contributed by atoms with Crippen molar-refractivity contribution in [3.05, 3.63) is 59.9 Å². The Hall–Kier alpha value is -2.26. The van der Waals surface area contributed by atoms with Gasteiger partial charge in [-0.15, -0.1) is 0 Å². The van der Waals surface area contributed by atoms with Gasteiger partial charge >= 0.3 is 0 Å². The molecule has 2 aromatic rings. The summed E-state index contributed by atoms with van der Waals surface area (Å²) in [6.07, 6.45) is 7.17. The van der Waals surface area contributed by atoms with Crippen LogP contribution in [0.1, 0.15) is 31.9 Å². The fourth-order valence-corrected chi connectivity index (χ4v) is 5.76. The maximum atomic E-state index is 13.5. The van der Waals surface area contributed by atoms with Crippen molar-refractivity contribution in [2.24, 2.45) is 5.92 Å². The predicted molar refractivity (Wildman–Crippen MR) is 126 cm³/mol. The molecule has 0 saturated carbocycles. The van der Waals surface area contributed by atoms with E-state index in [1.807, 2.05) is 51.4 Å². The molecule has 0 saturated heterocycles. The predicted octanol–water partition coefficient (Wildman–Crippen LogP) is 3.02. The molecule has 0 radical (unpaired) electrons. The molecule has 1 aromatic carbocycles. The summed E-state index contributed by atoms with van der Waals surface area (Å²) in [5.74, 6) is 0.260. The Morgan fingerprint density at radius 2 is 2.16 bits per heavy atom. The van der Waals surface area contributed by atoms with Crippen LogP contribution in [0.4, 0.5) is 0 Å². The minimum absolute atomic E-state index is 0.0892. The van der Waals surface area contributed by atoms with Crippen molar-refractivity contribution in [1.82, 2.24) is 14.2 Å². The molecule has 7 nitrogen and oxygen atoms in total. The highest BCUT2D eigenvalue weighted by Gasteiger charge is 2.38. The number of hydrogen-bond acceptors (Lipinski definition) is 6. The molecular formula is C24H33N3O4S. The van der Waals surface area contributed by atoms with Crippen LogP contribution in [0.2, 0.25) is 0 Å². The number of aliphatic hydroxyl groups excluding tert-OH is 1. The van der Waals surface area contributed by atoms with E-state index >= 15 is 0 Å². The Balaban J connectivity index is 1.97.